The van der Waals surface area contributed by atoms with Crippen LogP contribution in [0.3, 0.4) is 0 Å². The summed E-state index contributed by atoms with van der Waals surface area (Å²) >= 11 is 1.66. The number of nitrogen functional groups attached to an aromatic ring is 2. The molecule has 0 saturated heterocycles. The molecule has 0 atom stereocenters. The molecule has 1 heterocycles. The Hall–Kier alpha value is -2.26. The molecule has 0 aliphatic rings. The van der Waals surface area contributed by atoms with E-state index in [1.54, 1.807) is 11.3 Å². The first-order valence-corrected chi connectivity index (χ1v) is 7.84. The van der Waals surface area contributed by atoms with Gasteiger partial charge in [-0.3, -0.25) is 0 Å². The van der Waals surface area contributed by atoms with Crippen molar-refractivity contribution in [1.82, 2.24) is 0 Å². The lowest BCUT2D eigenvalue weighted by Gasteiger charge is -2.07. The smallest absolute Gasteiger partial charge is 0.0945 e. The van der Waals surface area contributed by atoms with Crippen LogP contribution in [0.4, 0.5) is 10.7 Å². The molecule has 0 spiro atoms. The number of rotatable bonds is 3. The van der Waals surface area contributed by atoms with Crippen LogP contribution < -0.4 is 11.5 Å². The van der Waals surface area contributed by atoms with Crippen molar-refractivity contribution in [2.45, 2.75) is 13.3 Å². The Balaban J connectivity index is 2.21. The molecule has 2 aromatic carbocycles. The van der Waals surface area contributed by atoms with Crippen molar-refractivity contribution in [2.75, 3.05) is 11.5 Å². The third kappa shape index (κ3) is 2.52. The Bertz CT molecular complexity index is 760. The summed E-state index contributed by atoms with van der Waals surface area (Å²) in [4.78, 5) is 1.26. The maximum atomic E-state index is 6.31. The molecule has 4 N–H and O–H groups in total. The van der Waals surface area contributed by atoms with Crippen molar-refractivity contribution in [3.63, 3.8) is 0 Å². The van der Waals surface area contributed by atoms with Gasteiger partial charge in [0.05, 0.1) is 5.00 Å². The van der Waals surface area contributed by atoms with Crippen molar-refractivity contribution in [1.29, 1.82) is 0 Å². The lowest BCUT2D eigenvalue weighted by molar-refractivity contribution is 1.16. The highest BCUT2D eigenvalue weighted by Gasteiger charge is 2.17. The van der Waals surface area contributed by atoms with Crippen molar-refractivity contribution in [3.05, 3.63) is 60.2 Å². The number of benzene rings is 2. The molecule has 0 bridgehead atoms. The van der Waals surface area contributed by atoms with E-state index in [2.05, 4.69) is 37.3 Å². The third-order valence-corrected chi connectivity index (χ3v) is 4.71. The molecule has 1 aromatic heterocycles. The summed E-state index contributed by atoms with van der Waals surface area (Å²) in [5.41, 5.74) is 17.8. The van der Waals surface area contributed by atoms with E-state index in [0.717, 1.165) is 28.2 Å². The monoisotopic (exact) mass is 294 g/mol. The van der Waals surface area contributed by atoms with Crippen LogP contribution in [0.15, 0.2) is 54.6 Å². The Morgan fingerprint density at radius 3 is 2.29 bits per heavy atom. The molecule has 106 valence electrons. The summed E-state index contributed by atoms with van der Waals surface area (Å²) < 4.78 is 0. The molecule has 0 aliphatic carbocycles. The Kier molecular flexibility index (Phi) is 3.67. The van der Waals surface area contributed by atoms with Gasteiger partial charge in [-0.25, -0.2) is 0 Å². The number of nitrogens with two attached hydrogens (primary N) is 2. The van der Waals surface area contributed by atoms with Crippen LogP contribution >= 0.6 is 11.3 Å². The van der Waals surface area contributed by atoms with Gasteiger partial charge in [0.25, 0.3) is 0 Å². The minimum atomic E-state index is 0.765. The lowest BCUT2D eigenvalue weighted by Crippen LogP contribution is -1.91. The minimum absolute atomic E-state index is 0.765. The molecular formula is C18H18N2S. The summed E-state index contributed by atoms with van der Waals surface area (Å²) in [5.74, 6) is 0. The molecule has 3 aromatic rings. The molecule has 0 aliphatic heterocycles. The largest absolute Gasteiger partial charge is 0.399 e. The summed E-state index contributed by atoms with van der Waals surface area (Å²) in [7, 11) is 0. The van der Waals surface area contributed by atoms with Crippen molar-refractivity contribution < 1.29 is 0 Å². The van der Waals surface area contributed by atoms with Crippen LogP contribution in [-0.4, -0.2) is 0 Å². The van der Waals surface area contributed by atoms with Crippen molar-refractivity contribution >= 4 is 22.0 Å². The van der Waals surface area contributed by atoms with E-state index in [0.29, 0.717) is 0 Å². The van der Waals surface area contributed by atoms with E-state index in [-0.39, 0.29) is 0 Å². The van der Waals surface area contributed by atoms with E-state index >= 15 is 0 Å². The van der Waals surface area contributed by atoms with Gasteiger partial charge in [0.15, 0.2) is 0 Å². The molecule has 3 heteroatoms. The topological polar surface area (TPSA) is 52.0 Å². The zero-order valence-corrected chi connectivity index (χ0v) is 12.8. The summed E-state index contributed by atoms with van der Waals surface area (Å²) in [5, 5.41) is 0.858. The van der Waals surface area contributed by atoms with E-state index in [1.165, 1.54) is 16.0 Å². The molecule has 0 amide bonds. The fourth-order valence-corrected chi connectivity index (χ4v) is 3.84. The average Bonchev–Trinajstić information content (AvgIpc) is 2.84. The SMILES string of the molecule is CCc1c(-c2ccccc2)sc(N)c1-c1cccc(N)c1. The fourth-order valence-electron chi connectivity index (χ4n) is 2.66. The number of hydrogen-bond acceptors (Lipinski definition) is 3. The van der Waals surface area contributed by atoms with Crippen LogP contribution in [0, 0.1) is 0 Å². The Morgan fingerprint density at radius 1 is 0.905 bits per heavy atom. The zero-order chi connectivity index (χ0) is 14.8. The van der Waals surface area contributed by atoms with Crippen molar-refractivity contribution in [2.24, 2.45) is 0 Å². The average molecular weight is 294 g/mol. The van der Waals surface area contributed by atoms with E-state index in [1.807, 2.05) is 24.3 Å². The van der Waals surface area contributed by atoms with Gasteiger partial charge in [-0.2, -0.15) is 0 Å². The normalized spacial score (nSPS) is 10.7. The van der Waals surface area contributed by atoms with Crippen LogP contribution in [0.25, 0.3) is 21.6 Å². The molecule has 21 heavy (non-hydrogen) atoms. The van der Waals surface area contributed by atoms with Gasteiger partial charge in [0.2, 0.25) is 0 Å². The van der Waals surface area contributed by atoms with Gasteiger partial charge in [-0.1, -0.05) is 49.4 Å². The Labute approximate surface area is 129 Å². The first kappa shape index (κ1) is 13.7. The first-order valence-electron chi connectivity index (χ1n) is 7.03. The molecule has 2 nitrogen and oxygen atoms in total. The predicted octanol–water partition coefficient (Wildman–Crippen LogP) is 4.81. The van der Waals surface area contributed by atoms with Gasteiger partial charge in [0.1, 0.15) is 0 Å². The van der Waals surface area contributed by atoms with Crippen molar-refractivity contribution in [3.8, 4) is 21.6 Å². The molecule has 0 radical (unpaired) electrons. The number of hydrogen-bond donors (Lipinski definition) is 2. The summed E-state index contributed by atoms with van der Waals surface area (Å²) in [6, 6.07) is 18.4. The second-order valence-electron chi connectivity index (χ2n) is 4.99. The quantitative estimate of drug-likeness (QED) is 0.681. The standard InChI is InChI=1S/C18H18N2S/c1-2-15-16(13-9-6-10-14(19)11-13)18(20)21-17(15)12-7-4-3-5-8-12/h3-11H,2,19-20H2,1H3. The Morgan fingerprint density at radius 2 is 1.62 bits per heavy atom. The lowest BCUT2D eigenvalue weighted by atomic mass is 9.97. The van der Waals surface area contributed by atoms with Crippen LogP contribution in [-0.2, 0) is 6.42 Å². The highest BCUT2D eigenvalue weighted by atomic mass is 32.1. The molecule has 0 saturated carbocycles. The second kappa shape index (κ2) is 5.62. The molecule has 0 fully saturated rings. The first-order chi connectivity index (χ1) is 10.2. The molecule has 0 unspecified atom stereocenters. The van der Waals surface area contributed by atoms with E-state index in [4.69, 9.17) is 11.5 Å². The molecular weight excluding hydrogens is 276 g/mol. The van der Waals surface area contributed by atoms with Gasteiger partial charge in [-0.05, 0) is 35.2 Å². The van der Waals surface area contributed by atoms with Gasteiger partial charge in [-0.15, -0.1) is 11.3 Å². The van der Waals surface area contributed by atoms with E-state index in [9.17, 15) is 0 Å². The maximum absolute atomic E-state index is 6.31. The second-order valence-corrected chi connectivity index (χ2v) is 6.05. The number of thiophene rings is 1. The molecule has 3 rings (SSSR count). The summed E-state index contributed by atoms with van der Waals surface area (Å²) in [6.07, 6.45) is 0.946. The van der Waals surface area contributed by atoms with Crippen LogP contribution in [0.1, 0.15) is 12.5 Å². The van der Waals surface area contributed by atoms with E-state index < -0.39 is 0 Å². The van der Waals surface area contributed by atoms with Crippen LogP contribution in [0.2, 0.25) is 0 Å². The minimum Gasteiger partial charge on any atom is -0.399 e. The maximum Gasteiger partial charge on any atom is 0.0945 e. The number of anilines is 2. The van der Waals surface area contributed by atoms with Gasteiger partial charge < -0.3 is 11.5 Å². The van der Waals surface area contributed by atoms with Crippen LogP contribution in [0.5, 0.6) is 0 Å². The highest BCUT2D eigenvalue weighted by molar-refractivity contribution is 7.20. The highest BCUT2D eigenvalue weighted by Crippen LogP contribution is 2.44. The summed E-state index contributed by atoms with van der Waals surface area (Å²) in [6.45, 7) is 2.17. The zero-order valence-electron chi connectivity index (χ0n) is 12.0. The van der Waals surface area contributed by atoms with Gasteiger partial charge >= 0.3 is 0 Å². The van der Waals surface area contributed by atoms with Gasteiger partial charge in [0, 0.05) is 16.1 Å². The predicted molar refractivity (Wildman–Crippen MR) is 93.4 cm³/mol. The fraction of sp³-hybridized carbons (Fsp3) is 0.111. The third-order valence-electron chi connectivity index (χ3n) is 3.60.